The number of benzene rings is 1. The summed E-state index contributed by atoms with van der Waals surface area (Å²) >= 11 is 6.03. The highest BCUT2D eigenvalue weighted by atomic mass is 35.5. The number of rotatable bonds is 8. The van der Waals surface area contributed by atoms with Gasteiger partial charge in [0.1, 0.15) is 11.5 Å². The fraction of sp³-hybridized carbons (Fsp3) is 0.294. The van der Waals surface area contributed by atoms with E-state index in [0.717, 1.165) is 0 Å². The molecule has 0 atom stereocenters. The largest absolute Gasteiger partial charge is 0.495 e. The highest BCUT2D eigenvalue weighted by molar-refractivity contribution is 6.32. The number of anilines is 1. The van der Waals surface area contributed by atoms with E-state index >= 15 is 0 Å². The number of nitrogens with one attached hydrogen (secondary N) is 2. The molecule has 0 fully saturated rings. The lowest BCUT2D eigenvalue weighted by molar-refractivity contribution is -0.116. The maximum atomic E-state index is 12.1. The van der Waals surface area contributed by atoms with Gasteiger partial charge in [0.2, 0.25) is 5.91 Å². The minimum absolute atomic E-state index is 0.213. The Labute approximate surface area is 150 Å². The van der Waals surface area contributed by atoms with Gasteiger partial charge < -0.3 is 24.5 Å². The molecule has 0 spiro atoms. The molecule has 0 unspecified atom stereocenters. The molecular weight excluding hydrogens is 348 g/mol. The first-order valence-corrected chi connectivity index (χ1v) is 7.96. The van der Waals surface area contributed by atoms with E-state index in [2.05, 4.69) is 10.6 Å². The van der Waals surface area contributed by atoms with Gasteiger partial charge >= 0.3 is 0 Å². The molecular formula is C17H19ClN2O5. The monoisotopic (exact) mass is 366 g/mol. The number of carbonyl (C=O) groups excluding carboxylic acids is 2. The van der Waals surface area contributed by atoms with E-state index in [9.17, 15) is 9.59 Å². The van der Waals surface area contributed by atoms with Crippen molar-refractivity contribution in [1.29, 1.82) is 0 Å². The van der Waals surface area contributed by atoms with Crippen LogP contribution in [-0.4, -0.2) is 32.6 Å². The Morgan fingerprint density at radius 3 is 2.60 bits per heavy atom. The van der Waals surface area contributed by atoms with Crippen molar-refractivity contribution in [3.05, 3.63) is 41.3 Å². The Bertz CT molecular complexity index is 731. The summed E-state index contributed by atoms with van der Waals surface area (Å²) in [6, 6.07) is 6.37. The summed E-state index contributed by atoms with van der Waals surface area (Å²) in [5, 5.41) is 5.81. The van der Waals surface area contributed by atoms with Crippen molar-refractivity contribution in [3.8, 4) is 11.5 Å². The summed E-state index contributed by atoms with van der Waals surface area (Å²) < 4.78 is 15.3. The predicted octanol–water partition coefficient (Wildman–Crippen LogP) is 3.10. The quantitative estimate of drug-likeness (QED) is 0.701. The van der Waals surface area contributed by atoms with Gasteiger partial charge in [-0.2, -0.15) is 0 Å². The smallest absolute Gasteiger partial charge is 0.286 e. The lowest BCUT2D eigenvalue weighted by Crippen LogP contribution is -2.25. The van der Waals surface area contributed by atoms with Crippen LogP contribution in [0.4, 0.5) is 5.69 Å². The van der Waals surface area contributed by atoms with Gasteiger partial charge in [-0.1, -0.05) is 11.6 Å². The molecule has 0 aliphatic carbocycles. The van der Waals surface area contributed by atoms with Gasteiger partial charge in [0.05, 0.1) is 31.2 Å². The first-order valence-electron chi connectivity index (χ1n) is 7.58. The number of amides is 2. The molecule has 0 aliphatic heterocycles. The summed E-state index contributed by atoms with van der Waals surface area (Å²) in [4.78, 5) is 23.7. The Balaban J connectivity index is 1.83. The standard InChI is InChI=1S/C17H19ClN2O5/c1-23-14-10-12(15(24-2)9-11(14)18)20-16(21)6-3-7-19-17(22)13-5-4-8-25-13/h4-5,8-10H,3,6-7H2,1-2H3,(H,19,22)(H,20,21). The Kier molecular flexibility index (Phi) is 6.71. The number of furan rings is 1. The fourth-order valence-electron chi connectivity index (χ4n) is 2.12. The first kappa shape index (κ1) is 18.7. The molecule has 134 valence electrons. The van der Waals surface area contributed by atoms with Crippen LogP contribution < -0.4 is 20.1 Å². The average Bonchev–Trinajstić information content (AvgIpc) is 3.14. The van der Waals surface area contributed by atoms with Crippen molar-refractivity contribution in [1.82, 2.24) is 5.32 Å². The molecule has 2 N–H and O–H groups in total. The third kappa shape index (κ3) is 5.15. The zero-order valence-electron chi connectivity index (χ0n) is 13.9. The number of halogens is 1. The van der Waals surface area contributed by atoms with E-state index in [-0.39, 0.29) is 24.0 Å². The topological polar surface area (TPSA) is 89.8 Å². The van der Waals surface area contributed by atoms with Gasteiger partial charge in [0.25, 0.3) is 5.91 Å². The molecule has 1 heterocycles. The first-order chi connectivity index (χ1) is 12.0. The number of methoxy groups -OCH3 is 2. The minimum atomic E-state index is -0.311. The molecule has 7 nitrogen and oxygen atoms in total. The fourth-order valence-corrected chi connectivity index (χ4v) is 2.35. The van der Waals surface area contributed by atoms with Gasteiger partial charge in [-0.05, 0) is 18.6 Å². The van der Waals surface area contributed by atoms with Gasteiger partial charge in [0, 0.05) is 25.1 Å². The highest BCUT2D eigenvalue weighted by Crippen LogP contribution is 2.35. The van der Waals surface area contributed by atoms with Gasteiger partial charge in [-0.25, -0.2) is 0 Å². The van der Waals surface area contributed by atoms with Crippen LogP contribution >= 0.6 is 11.6 Å². The molecule has 0 saturated heterocycles. The van der Waals surface area contributed by atoms with Crippen molar-refractivity contribution in [2.24, 2.45) is 0 Å². The van der Waals surface area contributed by atoms with Crippen LogP contribution in [0.1, 0.15) is 23.4 Å². The zero-order valence-corrected chi connectivity index (χ0v) is 14.7. The van der Waals surface area contributed by atoms with E-state index in [1.165, 1.54) is 20.5 Å². The Morgan fingerprint density at radius 1 is 1.20 bits per heavy atom. The second kappa shape index (κ2) is 8.98. The van der Waals surface area contributed by atoms with Crippen LogP contribution in [0.25, 0.3) is 0 Å². The molecule has 2 aromatic rings. The van der Waals surface area contributed by atoms with Crippen molar-refractivity contribution in [2.75, 3.05) is 26.1 Å². The molecule has 0 bridgehead atoms. The lowest BCUT2D eigenvalue weighted by Gasteiger charge is -2.13. The van der Waals surface area contributed by atoms with E-state index < -0.39 is 0 Å². The van der Waals surface area contributed by atoms with Gasteiger partial charge in [0.15, 0.2) is 5.76 Å². The van der Waals surface area contributed by atoms with E-state index in [1.807, 2.05) is 0 Å². The number of hydrogen-bond donors (Lipinski definition) is 2. The number of ether oxygens (including phenoxy) is 2. The van der Waals surface area contributed by atoms with Crippen LogP contribution in [0.15, 0.2) is 34.9 Å². The number of carbonyl (C=O) groups is 2. The van der Waals surface area contributed by atoms with E-state index in [1.54, 1.807) is 24.3 Å². The Morgan fingerprint density at radius 2 is 1.96 bits per heavy atom. The molecule has 0 radical (unpaired) electrons. The van der Waals surface area contributed by atoms with Gasteiger partial charge in [-0.15, -0.1) is 0 Å². The molecule has 1 aromatic carbocycles. The molecule has 0 saturated carbocycles. The van der Waals surface area contributed by atoms with Crippen molar-refractivity contribution >= 4 is 29.1 Å². The normalized spacial score (nSPS) is 10.2. The average molecular weight is 367 g/mol. The van der Waals surface area contributed by atoms with E-state index in [4.69, 9.17) is 25.5 Å². The SMILES string of the molecule is COc1cc(NC(=O)CCCNC(=O)c2ccco2)c(OC)cc1Cl. The summed E-state index contributed by atoms with van der Waals surface area (Å²) in [5.74, 6) is 0.584. The molecule has 2 rings (SSSR count). The van der Waals surface area contributed by atoms with Crippen LogP contribution in [-0.2, 0) is 4.79 Å². The molecule has 25 heavy (non-hydrogen) atoms. The number of hydrogen-bond acceptors (Lipinski definition) is 5. The second-order valence-corrected chi connectivity index (χ2v) is 5.48. The molecule has 1 aromatic heterocycles. The molecule has 8 heteroatoms. The highest BCUT2D eigenvalue weighted by Gasteiger charge is 2.13. The Hall–Kier alpha value is -2.67. The van der Waals surface area contributed by atoms with Crippen molar-refractivity contribution in [3.63, 3.8) is 0 Å². The summed E-state index contributed by atoms with van der Waals surface area (Å²) in [5.41, 5.74) is 0.466. The summed E-state index contributed by atoms with van der Waals surface area (Å²) in [6.45, 7) is 0.355. The molecule has 2 amide bonds. The second-order valence-electron chi connectivity index (χ2n) is 5.07. The van der Waals surface area contributed by atoms with Crippen LogP contribution in [0.2, 0.25) is 5.02 Å². The summed E-state index contributed by atoms with van der Waals surface area (Å²) in [6.07, 6.45) is 2.13. The summed E-state index contributed by atoms with van der Waals surface area (Å²) in [7, 11) is 2.97. The van der Waals surface area contributed by atoms with Crippen LogP contribution in [0.5, 0.6) is 11.5 Å². The zero-order chi connectivity index (χ0) is 18.2. The third-order valence-corrected chi connectivity index (χ3v) is 3.65. The predicted molar refractivity (Wildman–Crippen MR) is 93.5 cm³/mol. The van der Waals surface area contributed by atoms with Gasteiger partial charge in [-0.3, -0.25) is 9.59 Å². The van der Waals surface area contributed by atoms with Crippen molar-refractivity contribution < 1.29 is 23.5 Å². The third-order valence-electron chi connectivity index (χ3n) is 3.36. The lowest BCUT2D eigenvalue weighted by atomic mass is 10.2. The van der Waals surface area contributed by atoms with Crippen LogP contribution in [0, 0.1) is 0 Å². The molecule has 0 aliphatic rings. The van der Waals surface area contributed by atoms with Crippen LogP contribution in [0.3, 0.4) is 0 Å². The maximum Gasteiger partial charge on any atom is 0.286 e. The maximum absolute atomic E-state index is 12.1. The van der Waals surface area contributed by atoms with E-state index in [0.29, 0.717) is 35.2 Å². The van der Waals surface area contributed by atoms with Crippen molar-refractivity contribution in [2.45, 2.75) is 12.8 Å². The minimum Gasteiger partial charge on any atom is -0.495 e.